The first-order chi connectivity index (χ1) is 12.2. The number of carbonyl (C=O) groups excluding carboxylic acids is 1. The van der Waals surface area contributed by atoms with E-state index < -0.39 is 5.82 Å². The van der Waals surface area contributed by atoms with Crippen LogP contribution in [0.4, 0.5) is 10.2 Å². The van der Waals surface area contributed by atoms with Crippen LogP contribution in [-0.2, 0) is 9.53 Å². The van der Waals surface area contributed by atoms with Crippen LogP contribution in [0.5, 0.6) is 5.75 Å². The number of nitrogens with zero attached hydrogens (tertiary/aromatic N) is 3. The van der Waals surface area contributed by atoms with E-state index in [0.29, 0.717) is 31.2 Å². The summed E-state index contributed by atoms with van der Waals surface area (Å²) in [7, 11) is 1.75. The van der Waals surface area contributed by atoms with Crippen LogP contribution in [0.3, 0.4) is 0 Å². The highest BCUT2D eigenvalue weighted by Crippen LogP contribution is 2.25. The highest BCUT2D eigenvalue weighted by Gasteiger charge is 2.28. The van der Waals surface area contributed by atoms with E-state index in [4.69, 9.17) is 9.47 Å². The Morgan fingerprint density at radius 2 is 2.20 bits per heavy atom. The van der Waals surface area contributed by atoms with E-state index in [2.05, 4.69) is 15.3 Å². The summed E-state index contributed by atoms with van der Waals surface area (Å²) in [5, 5.41) is 2.97. The minimum absolute atomic E-state index is 0.0621. The Labute approximate surface area is 144 Å². The molecular formula is C17H19FN4O3. The molecule has 7 nitrogen and oxygen atoms in total. The molecule has 0 radical (unpaired) electrons. The van der Waals surface area contributed by atoms with Gasteiger partial charge < -0.3 is 19.7 Å². The van der Waals surface area contributed by atoms with E-state index in [1.165, 1.54) is 12.1 Å². The molecule has 2 heterocycles. The molecule has 0 saturated carbocycles. The Morgan fingerprint density at radius 1 is 1.40 bits per heavy atom. The van der Waals surface area contributed by atoms with Gasteiger partial charge in [0.1, 0.15) is 17.6 Å². The van der Waals surface area contributed by atoms with Crippen LogP contribution in [-0.4, -0.2) is 54.1 Å². The Bertz CT molecular complexity index is 743. The quantitative estimate of drug-likeness (QED) is 0.887. The standard InChI is InChI=1S/C17H19FN4O3/c1-19-17-16(20-6-7-21-17)14-10-22(8-9-24-14)15(23)11-25-13-5-3-2-4-12(13)18/h2-7,14H,8-11H2,1H3,(H,19,21). The van der Waals surface area contributed by atoms with Gasteiger partial charge in [0, 0.05) is 26.0 Å². The number of morpholine rings is 1. The Hall–Kier alpha value is -2.74. The lowest BCUT2D eigenvalue weighted by atomic mass is 10.2. The summed E-state index contributed by atoms with van der Waals surface area (Å²) in [6.07, 6.45) is 2.80. The number of ether oxygens (including phenoxy) is 2. The molecule has 1 aliphatic heterocycles. The third-order valence-corrected chi connectivity index (χ3v) is 3.88. The van der Waals surface area contributed by atoms with Gasteiger partial charge in [-0.15, -0.1) is 0 Å². The molecule has 132 valence electrons. The number of hydrogen-bond donors (Lipinski definition) is 1. The maximum absolute atomic E-state index is 13.6. The second-order valence-electron chi connectivity index (χ2n) is 5.46. The zero-order valence-corrected chi connectivity index (χ0v) is 13.8. The van der Waals surface area contributed by atoms with Gasteiger partial charge in [0.25, 0.3) is 5.91 Å². The normalized spacial score (nSPS) is 17.2. The Kier molecular flexibility index (Phi) is 5.39. The van der Waals surface area contributed by atoms with Gasteiger partial charge in [-0.1, -0.05) is 12.1 Å². The fourth-order valence-corrected chi connectivity index (χ4v) is 2.61. The zero-order valence-electron chi connectivity index (χ0n) is 13.8. The second kappa shape index (κ2) is 7.89. The van der Waals surface area contributed by atoms with Gasteiger partial charge in [-0.2, -0.15) is 0 Å². The van der Waals surface area contributed by atoms with Gasteiger partial charge in [-0.3, -0.25) is 9.78 Å². The van der Waals surface area contributed by atoms with Gasteiger partial charge in [0.05, 0.1) is 13.2 Å². The van der Waals surface area contributed by atoms with E-state index in [1.807, 2.05) is 0 Å². The molecule has 1 aliphatic rings. The van der Waals surface area contributed by atoms with Crippen LogP contribution in [0.1, 0.15) is 11.8 Å². The largest absolute Gasteiger partial charge is 0.481 e. The van der Waals surface area contributed by atoms with Crippen molar-refractivity contribution in [1.82, 2.24) is 14.9 Å². The Morgan fingerprint density at radius 3 is 3.00 bits per heavy atom. The maximum atomic E-state index is 13.6. The average molecular weight is 346 g/mol. The van der Waals surface area contributed by atoms with Crippen molar-refractivity contribution in [3.63, 3.8) is 0 Å². The van der Waals surface area contributed by atoms with Crippen molar-refractivity contribution in [2.24, 2.45) is 0 Å². The van der Waals surface area contributed by atoms with E-state index >= 15 is 0 Å². The highest BCUT2D eigenvalue weighted by atomic mass is 19.1. The van der Waals surface area contributed by atoms with E-state index in [0.717, 1.165) is 0 Å². The average Bonchev–Trinajstić information content (AvgIpc) is 2.67. The van der Waals surface area contributed by atoms with Crippen molar-refractivity contribution in [3.8, 4) is 5.75 Å². The predicted molar refractivity (Wildman–Crippen MR) is 88.7 cm³/mol. The molecule has 1 fully saturated rings. The highest BCUT2D eigenvalue weighted by molar-refractivity contribution is 5.78. The SMILES string of the molecule is CNc1nccnc1C1CN(C(=O)COc2ccccc2F)CCO1. The summed E-state index contributed by atoms with van der Waals surface area (Å²) in [5.74, 6) is -0.0451. The van der Waals surface area contributed by atoms with Gasteiger partial charge in [0.2, 0.25) is 0 Å². The predicted octanol–water partition coefficient (Wildman–Crippen LogP) is 1.64. The third kappa shape index (κ3) is 4.03. The fourth-order valence-electron chi connectivity index (χ4n) is 2.61. The molecule has 8 heteroatoms. The lowest BCUT2D eigenvalue weighted by Crippen LogP contribution is -2.44. The minimum atomic E-state index is -0.492. The van der Waals surface area contributed by atoms with Crippen LogP contribution in [0.25, 0.3) is 0 Å². The van der Waals surface area contributed by atoms with Crippen LogP contribution < -0.4 is 10.1 Å². The topological polar surface area (TPSA) is 76.6 Å². The van der Waals surface area contributed by atoms with Crippen molar-refractivity contribution >= 4 is 11.7 Å². The molecule has 1 N–H and O–H groups in total. The molecule has 1 aromatic carbocycles. The molecule has 1 unspecified atom stereocenters. The zero-order chi connectivity index (χ0) is 17.6. The lowest BCUT2D eigenvalue weighted by Gasteiger charge is -2.33. The molecular weight excluding hydrogens is 327 g/mol. The first kappa shape index (κ1) is 17.1. The Balaban J connectivity index is 1.63. The van der Waals surface area contributed by atoms with Crippen molar-refractivity contribution in [2.75, 3.05) is 38.7 Å². The van der Waals surface area contributed by atoms with Gasteiger partial charge in [0.15, 0.2) is 18.2 Å². The molecule has 2 aromatic rings. The maximum Gasteiger partial charge on any atom is 0.260 e. The van der Waals surface area contributed by atoms with Crippen molar-refractivity contribution in [1.29, 1.82) is 0 Å². The number of anilines is 1. The van der Waals surface area contributed by atoms with Gasteiger partial charge in [-0.25, -0.2) is 9.37 Å². The number of carbonyl (C=O) groups is 1. The van der Waals surface area contributed by atoms with Crippen LogP contribution in [0.2, 0.25) is 0 Å². The number of hydrogen-bond acceptors (Lipinski definition) is 6. The molecule has 1 aromatic heterocycles. The summed E-state index contributed by atoms with van der Waals surface area (Å²) >= 11 is 0. The number of benzene rings is 1. The molecule has 0 bridgehead atoms. The number of nitrogens with one attached hydrogen (secondary N) is 1. The monoisotopic (exact) mass is 346 g/mol. The molecule has 1 amide bonds. The number of rotatable bonds is 5. The van der Waals surface area contributed by atoms with E-state index in [-0.39, 0.29) is 24.4 Å². The summed E-state index contributed by atoms with van der Waals surface area (Å²) in [6, 6.07) is 6.00. The van der Waals surface area contributed by atoms with Crippen molar-refractivity contribution in [3.05, 3.63) is 48.2 Å². The molecule has 25 heavy (non-hydrogen) atoms. The third-order valence-electron chi connectivity index (χ3n) is 3.88. The number of aromatic nitrogens is 2. The van der Waals surface area contributed by atoms with Crippen LogP contribution in [0.15, 0.2) is 36.7 Å². The minimum Gasteiger partial charge on any atom is -0.481 e. The molecule has 0 spiro atoms. The molecule has 0 aliphatic carbocycles. The molecule has 1 saturated heterocycles. The van der Waals surface area contributed by atoms with Crippen LogP contribution >= 0.6 is 0 Å². The summed E-state index contributed by atoms with van der Waals surface area (Å²) in [4.78, 5) is 22.5. The molecule has 3 rings (SSSR count). The summed E-state index contributed by atoms with van der Waals surface area (Å²) in [6.45, 7) is 0.945. The number of amides is 1. The van der Waals surface area contributed by atoms with Gasteiger partial charge >= 0.3 is 0 Å². The second-order valence-corrected chi connectivity index (χ2v) is 5.46. The van der Waals surface area contributed by atoms with Crippen LogP contribution in [0, 0.1) is 5.82 Å². The molecule has 1 atom stereocenters. The van der Waals surface area contributed by atoms with E-state index in [9.17, 15) is 9.18 Å². The lowest BCUT2D eigenvalue weighted by molar-refractivity contribution is -0.141. The first-order valence-corrected chi connectivity index (χ1v) is 7.94. The number of halogens is 1. The number of para-hydroxylation sites is 1. The van der Waals surface area contributed by atoms with Gasteiger partial charge in [-0.05, 0) is 12.1 Å². The van der Waals surface area contributed by atoms with Crippen molar-refractivity contribution < 1.29 is 18.7 Å². The van der Waals surface area contributed by atoms with E-state index in [1.54, 1.807) is 36.5 Å². The smallest absolute Gasteiger partial charge is 0.260 e. The van der Waals surface area contributed by atoms with Crippen molar-refractivity contribution in [2.45, 2.75) is 6.10 Å². The summed E-state index contributed by atoms with van der Waals surface area (Å²) in [5.41, 5.74) is 0.650. The fraction of sp³-hybridized carbons (Fsp3) is 0.353. The first-order valence-electron chi connectivity index (χ1n) is 7.94. The summed E-state index contributed by atoms with van der Waals surface area (Å²) < 4.78 is 24.6.